The van der Waals surface area contributed by atoms with Gasteiger partial charge in [0.15, 0.2) is 0 Å². The van der Waals surface area contributed by atoms with Crippen molar-refractivity contribution in [2.24, 2.45) is 4.99 Å². The number of aromatic amines is 1. The molecule has 0 spiro atoms. The maximum atomic E-state index is 13.0. The number of rotatable bonds is 5. The zero-order valence-corrected chi connectivity index (χ0v) is 16.5. The highest BCUT2D eigenvalue weighted by Gasteiger charge is 2.35. The van der Waals surface area contributed by atoms with Crippen LogP contribution in [-0.2, 0) is 10.0 Å². The van der Waals surface area contributed by atoms with E-state index in [4.69, 9.17) is 0 Å². The van der Waals surface area contributed by atoms with Crippen LogP contribution in [0.4, 0.5) is 5.69 Å². The molecule has 1 aromatic heterocycles. The third-order valence-corrected chi connectivity index (χ3v) is 6.73. The SMILES string of the molecule is Cc1ccc(S(=O)(=O)N2CCC[C@@H]2C([O-])=Nc2cccc(-c3nn[nH]n3)c2)cc1. The maximum Gasteiger partial charge on any atom is 0.243 e. The van der Waals surface area contributed by atoms with Crippen LogP contribution in [-0.4, -0.2) is 51.8 Å². The van der Waals surface area contributed by atoms with Crippen LogP contribution in [0.15, 0.2) is 58.4 Å². The van der Waals surface area contributed by atoms with E-state index in [0.29, 0.717) is 36.5 Å². The van der Waals surface area contributed by atoms with Gasteiger partial charge in [0.25, 0.3) is 0 Å². The van der Waals surface area contributed by atoms with E-state index >= 15 is 0 Å². The summed E-state index contributed by atoms with van der Waals surface area (Å²) in [5.74, 6) is -0.0950. The summed E-state index contributed by atoms with van der Waals surface area (Å²) < 4.78 is 27.3. The zero-order chi connectivity index (χ0) is 20.4. The Morgan fingerprint density at radius 3 is 2.76 bits per heavy atom. The number of benzene rings is 2. The van der Waals surface area contributed by atoms with Crippen LogP contribution in [0, 0.1) is 6.92 Å². The predicted octanol–water partition coefficient (Wildman–Crippen LogP) is 1.42. The van der Waals surface area contributed by atoms with Crippen molar-refractivity contribution in [3.8, 4) is 11.4 Å². The third kappa shape index (κ3) is 3.89. The Hall–Kier alpha value is -3.11. The molecule has 3 aromatic rings. The van der Waals surface area contributed by atoms with Crippen molar-refractivity contribution in [2.45, 2.75) is 30.7 Å². The lowest BCUT2D eigenvalue weighted by Gasteiger charge is -2.28. The van der Waals surface area contributed by atoms with Crippen LogP contribution in [0.25, 0.3) is 11.4 Å². The molecule has 4 rings (SSSR count). The van der Waals surface area contributed by atoms with Crippen LogP contribution in [0.2, 0.25) is 0 Å². The van der Waals surface area contributed by atoms with Gasteiger partial charge in [-0.15, -0.1) is 10.2 Å². The monoisotopic (exact) mass is 411 g/mol. The molecule has 2 heterocycles. The minimum absolute atomic E-state index is 0.182. The first-order chi connectivity index (χ1) is 13.9. The van der Waals surface area contributed by atoms with Gasteiger partial charge in [-0.25, -0.2) is 8.42 Å². The van der Waals surface area contributed by atoms with E-state index in [2.05, 4.69) is 25.6 Å². The molecule has 29 heavy (non-hydrogen) atoms. The summed E-state index contributed by atoms with van der Waals surface area (Å²) in [5.41, 5.74) is 2.04. The lowest BCUT2D eigenvalue weighted by molar-refractivity contribution is -0.222. The summed E-state index contributed by atoms with van der Waals surface area (Å²) in [5, 5.41) is 26.5. The first kappa shape index (κ1) is 19.2. The van der Waals surface area contributed by atoms with E-state index in [9.17, 15) is 13.5 Å². The molecular formula is C19H19N6O3S-. The average molecular weight is 411 g/mol. The van der Waals surface area contributed by atoms with E-state index in [0.717, 1.165) is 5.56 Å². The molecule has 1 N–H and O–H groups in total. The Bertz CT molecular complexity index is 1130. The molecule has 2 aromatic carbocycles. The van der Waals surface area contributed by atoms with Crippen molar-refractivity contribution < 1.29 is 13.5 Å². The molecule has 0 unspecified atom stereocenters. The summed E-state index contributed by atoms with van der Waals surface area (Å²) in [4.78, 5) is 4.33. The number of H-pyrrole nitrogens is 1. The van der Waals surface area contributed by atoms with Crippen LogP contribution >= 0.6 is 0 Å². The van der Waals surface area contributed by atoms with Gasteiger partial charge in [0, 0.05) is 12.1 Å². The van der Waals surface area contributed by atoms with Gasteiger partial charge >= 0.3 is 0 Å². The second-order valence-corrected chi connectivity index (χ2v) is 8.71. The molecule has 1 atom stereocenters. The first-order valence-corrected chi connectivity index (χ1v) is 10.6. The van der Waals surface area contributed by atoms with Crippen molar-refractivity contribution in [1.82, 2.24) is 24.9 Å². The molecule has 0 saturated carbocycles. The van der Waals surface area contributed by atoms with E-state index in [1.165, 1.54) is 4.31 Å². The molecule has 0 radical (unpaired) electrons. The van der Waals surface area contributed by atoms with Gasteiger partial charge < -0.3 is 5.11 Å². The van der Waals surface area contributed by atoms with Gasteiger partial charge in [0.05, 0.1) is 16.6 Å². The van der Waals surface area contributed by atoms with Crippen LogP contribution < -0.4 is 5.11 Å². The number of nitrogens with one attached hydrogen (secondary N) is 1. The molecule has 1 aliphatic heterocycles. The second-order valence-electron chi connectivity index (χ2n) is 6.82. The van der Waals surface area contributed by atoms with Crippen molar-refractivity contribution in [3.05, 3.63) is 54.1 Å². The van der Waals surface area contributed by atoms with E-state index in [1.54, 1.807) is 48.5 Å². The van der Waals surface area contributed by atoms with Gasteiger partial charge in [-0.1, -0.05) is 29.8 Å². The number of sulfonamides is 1. The summed E-state index contributed by atoms with van der Waals surface area (Å²) in [7, 11) is -3.77. The van der Waals surface area contributed by atoms with Crippen molar-refractivity contribution in [1.29, 1.82) is 0 Å². The average Bonchev–Trinajstić information content (AvgIpc) is 3.41. The number of hydrogen-bond acceptors (Lipinski definition) is 7. The number of tetrazole rings is 1. The maximum absolute atomic E-state index is 13.0. The van der Waals surface area contributed by atoms with Gasteiger partial charge in [-0.2, -0.15) is 9.52 Å². The predicted molar refractivity (Wildman–Crippen MR) is 105 cm³/mol. The number of hydrogen-bond donors (Lipinski definition) is 1. The normalized spacial score (nSPS) is 18.2. The van der Waals surface area contributed by atoms with Crippen molar-refractivity contribution in [2.75, 3.05) is 6.54 Å². The fourth-order valence-electron chi connectivity index (χ4n) is 3.32. The second kappa shape index (κ2) is 7.72. The fraction of sp³-hybridized carbons (Fsp3) is 0.263. The molecule has 10 heteroatoms. The van der Waals surface area contributed by atoms with E-state index in [1.807, 2.05) is 6.92 Å². The highest BCUT2D eigenvalue weighted by atomic mass is 32.2. The molecule has 1 aliphatic rings. The number of aryl methyl sites for hydroxylation is 1. The largest absolute Gasteiger partial charge is 0.861 e. The molecule has 0 amide bonds. The van der Waals surface area contributed by atoms with Gasteiger partial charge in [0.2, 0.25) is 15.8 Å². The topological polar surface area (TPSA) is 127 Å². The first-order valence-electron chi connectivity index (χ1n) is 9.13. The number of aromatic nitrogens is 4. The quantitative estimate of drug-likeness (QED) is 0.500. The van der Waals surface area contributed by atoms with Crippen LogP contribution in [0.5, 0.6) is 0 Å². The minimum atomic E-state index is -3.77. The van der Waals surface area contributed by atoms with E-state index in [-0.39, 0.29) is 4.90 Å². The standard InChI is InChI=1S/C19H20N6O3S/c1-13-7-9-16(10-8-13)29(27,28)25-11-3-6-17(25)19(26)20-15-5-2-4-14(12-15)18-21-23-24-22-18/h2,4-5,7-10,12,17H,3,6,11H2,1H3,(H,20,26)(H,21,22,23,24)/p-1/t17-/m1/s1. The van der Waals surface area contributed by atoms with Crippen LogP contribution in [0.1, 0.15) is 18.4 Å². The number of nitrogens with zero attached hydrogens (tertiary/aromatic N) is 5. The Kier molecular flexibility index (Phi) is 5.12. The molecule has 0 aliphatic carbocycles. The lowest BCUT2D eigenvalue weighted by atomic mass is 10.2. The molecule has 1 saturated heterocycles. The van der Waals surface area contributed by atoms with Gasteiger partial charge in [-0.3, -0.25) is 4.99 Å². The Labute approximate surface area is 168 Å². The van der Waals surface area contributed by atoms with Crippen LogP contribution in [0.3, 0.4) is 0 Å². The molecule has 9 nitrogen and oxygen atoms in total. The molecule has 1 fully saturated rings. The minimum Gasteiger partial charge on any atom is -0.861 e. The summed E-state index contributed by atoms with van der Waals surface area (Å²) in [6, 6.07) is 12.7. The summed E-state index contributed by atoms with van der Waals surface area (Å²) >= 11 is 0. The van der Waals surface area contributed by atoms with Crippen molar-refractivity contribution in [3.63, 3.8) is 0 Å². The molecular weight excluding hydrogens is 392 g/mol. The number of aliphatic imine (C=N–C) groups is 1. The molecule has 0 bridgehead atoms. The Balaban J connectivity index is 1.62. The van der Waals surface area contributed by atoms with E-state index < -0.39 is 22.0 Å². The van der Waals surface area contributed by atoms with Gasteiger partial charge in [0.1, 0.15) is 0 Å². The third-order valence-electron chi connectivity index (χ3n) is 4.81. The highest BCUT2D eigenvalue weighted by Crippen LogP contribution is 2.28. The highest BCUT2D eigenvalue weighted by molar-refractivity contribution is 7.89. The molecule has 150 valence electrons. The Morgan fingerprint density at radius 2 is 2.03 bits per heavy atom. The van der Waals surface area contributed by atoms with Gasteiger partial charge in [-0.05, 0) is 55.1 Å². The Morgan fingerprint density at radius 1 is 1.24 bits per heavy atom. The lowest BCUT2D eigenvalue weighted by Crippen LogP contribution is -2.45. The van der Waals surface area contributed by atoms with Crippen molar-refractivity contribution >= 4 is 21.6 Å². The zero-order valence-electron chi connectivity index (χ0n) is 15.7. The summed E-state index contributed by atoms with van der Waals surface area (Å²) in [6.07, 6.45) is 1.05. The fourth-order valence-corrected chi connectivity index (χ4v) is 4.97. The summed E-state index contributed by atoms with van der Waals surface area (Å²) in [6.45, 7) is 2.19. The smallest absolute Gasteiger partial charge is 0.243 e.